The van der Waals surface area contributed by atoms with Gasteiger partial charge >= 0.3 is 5.97 Å². The quantitative estimate of drug-likeness (QED) is 0.835. The molecule has 2 bridgehead atoms. The highest BCUT2D eigenvalue weighted by Gasteiger charge is 2.42. The maximum Gasteiger partial charge on any atom is 0.309 e. The molecule has 2 aliphatic rings. The summed E-state index contributed by atoms with van der Waals surface area (Å²) in [7, 11) is 0. The molecule has 2 saturated carbocycles. The second kappa shape index (κ2) is 7.20. The van der Waals surface area contributed by atoms with Crippen LogP contribution in [0.25, 0.3) is 0 Å². The SMILES string of the molecule is C[C@@H](OC(=O)C1C[C@H]2CCC[C@@H](C1)C2=O)C(=O)NCc1ccco1. The van der Waals surface area contributed by atoms with Crippen LogP contribution >= 0.6 is 0 Å². The van der Waals surface area contributed by atoms with Crippen molar-refractivity contribution >= 4 is 17.7 Å². The normalized spacial score (nSPS) is 27.4. The standard InChI is InChI=1S/C18H23NO5/c1-11(17(21)19-10-15-6-3-7-23-15)24-18(22)14-8-12-4-2-5-13(9-14)16(12)20/h3,6-7,11-14H,2,4-5,8-10H2,1H3,(H,19,21)/t11-,12-,13+,14?/m1/s1. The van der Waals surface area contributed by atoms with Gasteiger partial charge in [-0.25, -0.2) is 0 Å². The van der Waals surface area contributed by atoms with Gasteiger partial charge in [0.15, 0.2) is 6.10 Å². The first-order valence-electron chi connectivity index (χ1n) is 8.59. The Labute approximate surface area is 140 Å². The van der Waals surface area contributed by atoms with Gasteiger partial charge < -0.3 is 14.5 Å². The number of furan rings is 1. The minimum absolute atomic E-state index is 0.00173. The highest BCUT2D eigenvalue weighted by Crippen LogP contribution is 2.40. The van der Waals surface area contributed by atoms with E-state index in [-0.39, 0.29) is 36.2 Å². The Morgan fingerprint density at radius 2 is 2.04 bits per heavy atom. The van der Waals surface area contributed by atoms with E-state index in [2.05, 4.69) is 5.32 Å². The fourth-order valence-electron chi connectivity index (χ4n) is 3.73. The summed E-state index contributed by atoms with van der Waals surface area (Å²) in [5.41, 5.74) is 0. The van der Waals surface area contributed by atoms with Crippen LogP contribution in [0.1, 0.15) is 44.8 Å². The third-order valence-corrected chi connectivity index (χ3v) is 5.06. The van der Waals surface area contributed by atoms with Gasteiger partial charge in [-0.3, -0.25) is 14.4 Å². The summed E-state index contributed by atoms with van der Waals surface area (Å²) >= 11 is 0. The molecular formula is C18H23NO5. The predicted octanol–water partition coefficient (Wildman–Crippen LogP) is 2.22. The van der Waals surface area contributed by atoms with Crippen LogP contribution in [0.3, 0.4) is 0 Å². The van der Waals surface area contributed by atoms with E-state index in [1.54, 1.807) is 19.1 Å². The monoisotopic (exact) mass is 333 g/mol. The Kier molecular flexibility index (Phi) is 5.02. The number of rotatable bonds is 5. The molecule has 1 heterocycles. The van der Waals surface area contributed by atoms with Crippen molar-refractivity contribution in [3.8, 4) is 0 Å². The predicted molar refractivity (Wildman–Crippen MR) is 84.7 cm³/mol. The van der Waals surface area contributed by atoms with Gasteiger partial charge in [-0.05, 0) is 44.7 Å². The highest BCUT2D eigenvalue weighted by atomic mass is 16.5. The van der Waals surface area contributed by atoms with E-state index < -0.39 is 6.10 Å². The number of carbonyl (C=O) groups excluding carboxylic acids is 3. The maximum absolute atomic E-state index is 12.4. The number of nitrogens with one attached hydrogen (secondary N) is 1. The minimum Gasteiger partial charge on any atom is -0.467 e. The number of ether oxygens (including phenoxy) is 1. The van der Waals surface area contributed by atoms with Gasteiger partial charge in [0.05, 0.1) is 18.7 Å². The molecule has 4 atom stereocenters. The topological polar surface area (TPSA) is 85.6 Å². The summed E-state index contributed by atoms with van der Waals surface area (Å²) in [6.07, 6.45) is 4.62. The number of hydrogen-bond acceptors (Lipinski definition) is 5. The molecule has 6 nitrogen and oxygen atoms in total. The van der Waals surface area contributed by atoms with E-state index in [4.69, 9.17) is 9.15 Å². The molecule has 6 heteroatoms. The van der Waals surface area contributed by atoms with Crippen LogP contribution in [0.4, 0.5) is 0 Å². The van der Waals surface area contributed by atoms with Crippen LogP contribution in [0.2, 0.25) is 0 Å². The van der Waals surface area contributed by atoms with Gasteiger partial charge in [0.25, 0.3) is 5.91 Å². The number of amides is 1. The van der Waals surface area contributed by atoms with Crippen LogP contribution in [-0.4, -0.2) is 23.8 Å². The molecule has 24 heavy (non-hydrogen) atoms. The molecule has 1 unspecified atom stereocenters. The number of carbonyl (C=O) groups is 3. The highest BCUT2D eigenvalue weighted by molar-refractivity contribution is 5.88. The molecule has 1 N–H and O–H groups in total. The number of hydrogen-bond donors (Lipinski definition) is 1. The molecule has 1 aromatic heterocycles. The zero-order valence-electron chi connectivity index (χ0n) is 13.8. The molecule has 2 aliphatic carbocycles. The average Bonchev–Trinajstić information content (AvgIpc) is 3.05. The van der Waals surface area contributed by atoms with Gasteiger partial charge in [0.1, 0.15) is 11.5 Å². The number of ketones is 1. The smallest absolute Gasteiger partial charge is 0.309 e. The third kappa shape index (κ3) is 3.68. The molecule has 3 rings (SSSR count). The van der Waals surface area contributed by atoms with Crippen LogP contribution in [0.15, 0.2) is 22.8 Å². The maximum atomic E-state index is 12.4. The first-order chi connectivity index (χ1) is 11.5. The molecule has 1 amide bonds. The molecule has 0 radical (unpaired) electrons. The average molecular weight is 333 g/mol. The van der Waals surface area contributed by atoms with Gasteiger partial charge in [-0.15, -0.1) is 0 Å². The van der Waals surface area contributed by atoms with Crippen LogP contribution in [0.5, 0.6) is 0 Å². The van der Waals surface area contributed by atoms with Gasteiger partial charge in [-0.1, -0.05) is 6.42 Å². The summed E-state index contributed by atoms with van der Waals surface area (Å²) in [6, 6.07) is 3.50. The van der Waals surface area contributed by atoms with Crippen molar-refractivity contribution in [3.63, 3.8) is 0 Å². The van der Waals surface area contributed by atoms with E-state index in [1.807, 2.05) is 0 Å². The van der Waals surface area contributed by atoms with Crippen LogP contribution in [-0.2, 0) is 25.7 Å². The minimum atomic E-state index is -0.857. The second-order valence-electron chi connectivity index (χ2n) is 6.77. The Balaban J connectivity index is 1.48. The summed E-state index contributed by atoms with van der Waals surface area (Å²) < 4.78 is 10.5. The van der Waals surface area contributed by atoms with E-state index in [1.165, 1.54) is 6.26 Å². The lowest BCUT2D eigenvalue weighted by atomic mass is 9.67. The fourth-order valence-corrected chi connectivity index (χ4v) is 3.73. The summed E-state index contributed by atoms with van der Waals surface area (Å²) in [5.74, 6) is -0.0310. The first kappa shape index (κ1) is 16.7. The first-order valence-corrected chi connectivity index (χ1v) is 8.59. The van der Waals surface area contributed by atoms with Crippen LogP contribution < -0.4 is 5.32 Å². The van der Waals surface area contributed by atoms with E-state index in [9.17, 15) is 14.4 Å². The largest absolute Gasteiger partial charge is 0.467 e. The lowest BCUT2D eigenvalue weighted by Crippen LogP contribution is -2.42. The summed E-state index contributed by atoms with van der Waals surface area (Å²) in [4.78, 5) is 36.5. The lowest BCUT2D eigenvalue weighted by Gasteiger charge is -2.36. The van der Waals surface area contributed by atoms with Crippen molar-refractivity contribution in [2.75, 3.05) is 0 Å². The summed E-state index contributed by atoms with van der Waals surface area (Å²) in [5, 5.41) is 2.68. The van der Waals surface area contributed by atoms with E-state index in [0.29, 0.717) is 24.4 Å². The Morgan fingerprint density at radius 1 is 1.33 bits per heavy atom. The zero-order chi connectivity index (χ0) is 17.1. The molecular weight excluding hydrogens is 310 g/mol. The van der Waals surface area contributed by atoms with Gasteiger partial charge in [0, 0.05) is 11.8 Å². The fraction of sp³-hybridized carbons (Fsp3) is 0.611. The van der Waals surface area contributed by atoms with Gasteiger partial charge in [-0.2, -0.15) is 0 Å². The number of fused-ring (bicyclic) bond motifs is 2. The van der Waals surface area contributed by atoms with Crippen molar-refractivity contribution in [2.45, 2.75) is 51.7 Å². The third-order valence-electron chi connectivity index (χ3n) is 5.06. The Bertz CT molecular complexity index is 593. The molecule has 130 valence electrons. The Hall–Kier alpha value is -2.11. The van der Waals surface area contributed by atoms with E-state index in [0.717, 1.165) is 19.3 Å². The summed E-state index contributed by atoms with van der Waals surface area (Å²) in [6.45, 7) is 1.82. The molecule has 0 aliphatic heterocycles. The van der Waals surface area contributed by atoms with E-state index >= 15 is 0 Å². The molecule has 1 aromatic rings. The van der Waals surface area contributed by atoms with Crippen molar-refractivity contribution in [1.82, 2.24) is 5.32 Å². The second-order valence-corrected chi connectivity index (χ2v) is 6.77. The molecule has 0 aromatic carbocycles. The van der Waals surface area contributed by atoms with Crippen molar-refractivity contribution in [1.29, 1.82) is 0 Å². The van der Waals surface area contributed by atoms with Gasteiger partial charge in [0.2, 0.25) is 0 Å². The van der Waals surface area contributed by atoms with Crippen molar-refractivity contribution in [2.24, 2.45) is 17.8 Å². The molecule has 2 fully saturated rings. The van der Waals surface area contributed by atoms with Crippen LogP contribution in [0, 0.1) is 17.8 Å². The molecule has 0 saturated heterocycles. The Morgan fingerprint density at radius 3 is 2.67 bits per heavy atom. The number of Topliss-reactive ketones (excluding diaryl/α,β-unsaturated/α-hetero) is 1. The van der Waals surface area contributed by atoms with Crippen molar-refractivity contribution in [3.05, 3.63) is 24.2 Å². The lowest BCUT2D eigenvalue weighted by molar-refractivity contribution is -0.162. The number of esters is 1. The molecule has 0 spiro atoms. The zero-order valence-corrected chi connectivity index (χ0v) is 13.8. The van der Waals surface area contributed by atoms with Crippen molar-refractivity contribution < 1.29 is 23.5 Å².